The minimum absolute atomic E-state index is 0.0271. The first-order valence-electron chi connectivity index (χ1n) is 10.6. The molecule has 0 aromatic carbocycles. The molecule has 4 atom stereocenters. The van der Waals surface area contributed by atoms with Gasteiger partial charge in [-0.1, -0.05) is 13.3 Å². The molecule has 166 valence electrons. The van der Waals surface area contributed by atoms with E-state index < -0.39 is 17.6 Å². The molecule has 0 aromatic rings. The number of hydrogen-bond acceptors (Lipinski definition) is 7. The van der Waals surface area contributed by atoms with Crippen molar-refractivity contribution in [1.82, 2.24) is 15.5 Å². The summed E-state index contributed by atoms with van der Waals surface area (Å²) in [6.45, 7) is 3.36. The first kappa shape index (κ1) is 24.0. The number of ether oxygens (including phenoxy) is 1. The largest absolute Gasteiger partial charge is 0.467 e. The minimum atomic E-state index is -0.987. The molecule has 2 aliphatic heterocycles. The maximum absolute atomic E-state index is 13.8. The average molecular weight is 429 g/mol. The molecule has 2 amide bonds. The lowest BCUT2D eigenvalue weighted by Gasteiger charge is -2.43. The van der Waals surface area contributed by atoms with Crippen LogP contribution in [0, 0.1) is 5.92 Å². The monoisotopic (exact) mass is 428 g/mol. The van der Waals surface area contributed by atoms with Crippen LogP contribution in [-0.2, 0) is 19.1 Å². The molecule has 8 nitrogen and oxygen atoms in total. The summed E-state index contributed by atoms with van der Waals surface area (Å²) in [4.78, 5) is 40.4. The predicted octanol–water partition coefficient (Wildman–Crippen LogP) is 0.495. The molecule has 0 spiro atoms. The van der Waals surface area contributed by atoms with E-state index in [0.717, 1.165) is 38.0 Å². The number of hydrogen-bond donors (Lipinski definition) is 3. The van der Waals surface area contributed by atoms with Gasteiger partial charge in [-0.3, -0.25) is 9.59 Å². The number of nitrogens with one attached hydrogen (secondary N) is 2. The lowest BCUT2D eigenvalue weighted by atomic mass is 9.76. The van der Waals surface area contributed by atoms with E-state index in [-0.39, 0.29) is 30.3 Å². The highest BCUT2D eigenvalue weighted by molar-refractivity contribution is 7.98. The highest BCUT2D eigenvalue weighted by Crippen LogP contribution is 2.42. The van der Waals surface area contributed by atoms with Gasteiger partial charge in [0.1, 0.15) is 11.6 Å². The number of nitrogens with zero attached hydrogens (tertiary/aromatic N) is 1. The van der Waals surface area contributed by atoms with Gasteiger partial charge < -0.3 is 26.0 Å². The van der Waals surface area contributed by atoms with E-state index in [2.05, 4.69) is 17.6 Å². The predicted molar refractivity (Wildman–Crippen MR) is 114 cm³/mol. The van der Waals surface area contributed by atoms with Crippen molar-refractivity contribution in [3.63, 3.8) is 0 Å². The fourth-order valence-electron chi connectivity index (χ4n) is 4.84. The molecule has 9 heteroatoms. The molecule has 2 fully saturated rings. The van der Waals surface area contributed by atoms with Crippen molar-refractivity contribution >= 4 is 29.5 Å². The normalized spacial score (nSPS) is 27.7. The van der Waals surface area contributed by atoms with E-state index in [1.807, 2.05) is 6.26 Å². The Morgan fingerprint density at radius 3 is 2.69 bits per heavy atom. The average Bonchev–Trinajstić information content (AvgIpc) is 3.38. The van der Waals surface area contributed by atoms with E-state index in [1.165, 1.54) is 7.11 Å². The number of rotatable bonds is 10. The number of likely N-dealkylation sites (tertiary alicyclic amines) is 1. The number of carbonyl (C=O) groups is 3. The van der Waals surface area contributed by atoms with Crippen molar-refractivity contribution < 1.29 is 19.1 Å². The van der Waals surface area contributed by atoms with Gasteiger partial charge in [0.25, 0.3) is 0 Å². The second-order valence-corrected chi connectivity index (χ2v) is 8.88. The summed E-state index contributed by atoms with van der Waals surface area (Å²) in [6.07, 6.45) is 6.55. The van der Waals surface area contributed by atoms with E-state index >= 15 is 0 Å². The van der Waals surface area contributed by atoms with E-state index in [9.17, 15) is 14.4 Å². The number of amides is 2. The molecule has 2 aliphatic rings. The van der Waals surface area contributed by atoms with Gasteiger partial charge in [-0.15, -0.1) is 0 Å². The van der Waals surface area contributed by atoms with Crippen LogP contribution in [0.5, 0.6) is 0 Å². The van der Waals surface area contributed by atoms with Crippen LogP contribution in [0.3, 0.4) is 0 Å². The summed E-state index contributed by atoms with van der Waals surface area (Å²) < 4.78 is 4.91. The maximum Gasteiger partial charge on any atom is 0.328 e. The van der Waals surface area contributed by atoms with Crippen LogP contribution in [0.25, 0.3) is 0 Å². The van der Waals surface area contributed by atoms with Crippen LogP contribution >= 0.6 is 11.8 Å². The maximum atomic E-state index is 13.8. The lowest BCUT2D eigenvalue weighted by Crippen LogP contribution is -2.64. The smallest absolute Gasteiger partial charge is 0.328 e. The molecule has 0 aromatic heterocycles. The molecular weight excluding hydrogens is 392 g/mol. The Morgan fingerprint density at radius 1 is 1.38 bits per heavy atom. The van der Waals surface area contributed by atoms with Gasteiger partial charge >= 0.3 is 5.97 Å². The zero-order valence-corrected chi connectivity index (χ0v) is 18.7. The Hall–Kier alpha value is -1.32. The quantitative estimate of drug-likeness (QED) is 0.434. The van der Waals surface area contributed by atoms with Gasteiger partial charge in [0.05, 0.1) is 13.7 Å². The molecule has 4 N–H and O–H groups in total. The van der Waals surface area contributed by atoms with Crippen molar-refractivity contribution in [2.45, 2.75) is 63.1 Å². The highest BCUT2D eigenvalue weighted by atomic mass is 32.2. The summed E-state index contributed by atoms with van der Waals surface area (Å²) in [5.41, 5.74) is 4.70. The van der Waals surface area contributed by atoms with Crippen molar-refractivity contribution in [2.24, 2.45) is 11.7 Å². The molecule has 0 radical (unpaired) electrons. The fourth-order valence-corrected chi connectivity index (χ4v) is 5.31. The first-order chi connectivity index (χ1) is 13.9. The number of thioether (sulfide) groups is 1. The Kier molecular flexibility index (Phi) is 9.23. The third-order valence-electron chi connectivity index (χ3n) is 6.34. The van der Waals surface area contributed by atoms with Crippen molar-refractivity contribution in [3.8, 4) is 0 Å². The van der Waals surface area contributed by atoms with Crippen LogP contribution in [0.1, 0.15) is 45.4 Å². The molecule has 29 heavy (non-hydrogen) atoms. The highest BCUT2D eigenvalue weighted by Gasteiger charge is 2.56. The standard InChI is InChI=1S/C20H36N4O4S/c1-4-14-7-10-24(17(25)13-21)20(14,12-15-6-5-9-22-15)19(27)23-16(8-11-29-3)18(26)28-2/h14-16,22H,4-13,21H2,1-3H3,(H,23,27)/t14-,15-,16-,20-/m0/s1. The number of carbonyl (C=O) groups excluding carboxylic acids is 3. The Labute approximate surface area is 178 Å². The van der Waals surface area contributed by atoms with Gasteiger partial charge in [0.15, 0.2) is 0 Å². The lowest BCUT2D eigenvalue weighted by molar-refractivity contribution is -0.151. The molecule has 2 heterocycles. The van der Waals surface area contributed by atoms with Gasteiger partial charge in [-0.2, -0.15) is 11.8 Å². The van der Waals surface area contributed by atoms with Crippen LogP contribution in [0.4, 0.5) is 0 Å². The second-order valence-electron chi connectivity index (χ2n) is 7.90. The molecule has 2 saturated heterocycles. The third kappa shape index (κ3) is 5.24. The van der Waals surface area contributed by atoms with Crippen LogP contribution < -0.4 is 16.4 Å². The zero-order valence-electron chi connectivity index (χ0n) is 17.9. The van der Waals surface area contributed by atoms with Gasteiger partial charge in [-0.25, -0.2) is 4.79 Å². The topological polar surface area (TPSA) is 114 Å². The fraction of sp³-hybridized carbons (Fsp3) is 0.850. The molecule has 2 rings (SSSR count). The SMILES string of the molecule is CC[C@H]1CCN(C(=O)CN)[C@]1(C[C@@H]1CCCN1)C(=O)N[C@@H](CCSC)C(=O)OC. The van der Waals surface area contributed by atoms with E-state index in [1.54, 1.807) is 16.7 Å². The Bertz CT molecular complexity index is 585. The van der Waals surface area contributed by atoms with Crippen LogP contribution in [0.15, 0.2) is 0 Å². The summed E-state index contributed by atoms with van der Waals surface area (Å²) in [5.74, 6) is -0.176. The summed E-state index contributed by atoms with van der Waals surface area (Å²) in [6, 6.07) is -0.551. The molecule has 0 bridgehead atoms. The van der Waals surface area contributed by atoms with Gasteiger partial charge in [0.2, 0.25) is 11.8 Å². The van der Waals surface area contributed by atoms with Gasteiger partial charge in [0, 0.05) is 12.6 Å². The minimum Gasteiger partial charge on any atom is -0.467 e. The summed E-state index contributed by atoms with van der Waals surface area (Å²) in [7, 11) is 1.33. The second kappa shape index (κ2) is 11.2. The molecule has 0 saturated carbocycles. The number of esters is 1. The Balaban J connectivity index is 2.37. The number of methoxy groups -OCH3 is 1. The van der Waals surface area contributed by atoms with E-state index in [4.69, 9.17) is 10.5 Å². The third-order valence-corrected chi connectivity index (χ3v) is 6.99. The van der Waals surface area contributed by atoms with Crippen molar-refractivity contribution in [2.75, 3.05) is 38.8 Å². The van der Waals surface area contributed by atoms with Crippen molar-refractivity contribution in [3.05, 3.63) is 0 Å². The number of nitrogens with two attached hydrogens (primary N) is 1. The van der Waals surface area contributed by atoms with Gasteiger partial charge in [-0.05, 0) is 56.6 Å². The van der Waals surface area contributed by atoms with E-state index in [0.29, 0.717) is 19.4 Å². The van der Waals surface area contributed by atoms with Crippen LogP contribution in [0.2, 0.25) is 0 Å². The first-order valence-corrected chi connectivity index (χ1v) is 12.0. The molecule has 0 unspecified atom stereocenters. The van der Waals surface area contributed by atoms with Crippen LogP contribution in [-0.4, -0.2) is 79.1 Å². The zero-order chi connectivity index (χ0) is 21.4. The summed E-state index contributed by atoms with van der Waals surface area (Å²) >= 11 is 1.61. The van der Waals surface area contributed by atoms with Crippen molar-refractivity contribution in [1.29, 1.82) is 0 Å². The summed E-state index contributed by atoms with van der Waals surface area (Å²) in [5, 5.41) is 6.41. The molecule has 0 aliphatic carbocycles. The Morgan fingerprint density at radius 2 is 2.14 bits per heavy atom. The molecular formula is C20H36N4O4S.